The lowest BCUT2D eigenvalue weighted by atomic mass is 10.3. The normalized spacial score (nSPS) is 10.8. The Kier molecular flexibility index (Phi) is 5.87. The number of rotatable bonds is 7. The molecule has 0 saturated heterocycles. The van der Waals surface area contributed by atoms with E-state index in [1.165, 1.54) is 18.2 Å². The van der Waals surface area contributed by atoms with E-state index in [1.54, 1.807) is 30.3 Å². The van der Waals surface area contributed by atoms with Gasteiger partial charge in [-0.15, -0.1) is 0 Å². The fraction of sp³-hybridized carbons (Fsp3) is 0.0556. The highest BCUT2D eigenvalue weighted by molar-refractivity contribution is 7.89. The van der Waals surface area contributed by atoms with Gasteiger partial charge in [0.1, 0.15) is 11.8 Å². The Balaban J connectivity index is 1.77. The Bertz CT molecular complexity index is 1160. The molecular weight excluding hydrogens is 399 g/mol. The Morgan fingerprint density at radius 2 is 1.90 bits per heavy atom. The molecule has 0 amide bonds. The molecule has 0 radical (unpaired) electrons. The second kappa shape index (κ2) is 8.51. The van der Waals surface area contributed by atoms with Crippen LogP contribution in [0.1, 0.15) is 0 Å². The van der Waals surface area contributed by atoms with Crippen LogP contribution in [0, 0.1) is 17.1 Å². The van der Waals surface area contributed by atoms with Gasteiger partial charge in [-0.3, -0.25) is 0 Å². The number of nitrogens with zero attached hydrogens (tertiary/aromatic N) is 3. The summed E-state index contributed by atoms with van der Waals surface area (Å²) in [6.07, 6.45) is 0.978. The van der Waals surface area contributed by atoms with Crippen LogP contribution in [-0.4, -0.2) is 25.0 Å². The lowest BCUT2D eigenvalue weighted by Crippen LogP contribution is -2.12. The Labute approximate surface area is 166 Å². The minimum atomic E-state index is -3.86. The van der Waals surface area contributed by atoms with Gasteiger partial charge in [-0.05, 0) is 42.5 Å². The van der Waals surface area contributed by atoms with Crippen LogP contribution in [0.5, 0.6) is 5.75 Å². The van der Waals surface area contributed by atoms with Crippen LogP contribution in [-0.2, 0) is 10.0 Å². The van der Waals surface area contributed by atoms with Crippen LogP contribution in [0.3, 0.4) is 0 Å². The van der Waals surface area contributed by atoms with Crippen LogP contribution in [0.4, 0.5) is 27.5 Å². The van der Waals surface area contributed by atoms with E-state index in [0.29, 0.717) is 17.1 Å². The predicted molar refractivity (Wildman–Crippen MR) is 104 cm³/mol. The number of primary sulfonamides is 1. The second-order valence-electron chi connectivity index (χ2n) is 5.68. The summed E-state index contributed by atoms with van der Waals surface area (Å²) in [6, 6.07) is 14.1. The van der Waals surface area contributed by atoms with Crippen molar-refractivity contribution in [1.82, 2.24) is 9.97 Å². The van der Waals surface area contributed by atoms with Gasteiger partial charge in [-0.1, -0.05) is 6.07 Å². The number of nitriles is 1. The maximum absolute atomic E-state index is 14.1. The van der Waals surface area contributed by atoms with Gasteiger partial charge in [0.2, 0.25) is 16.0 Å². The first-order valence-corrected chi connectivity index (χ1v) is 9.69. The lowest BCUT2D eigenvalue weighted by molar-refractivity contribution is 0.368. The number of nitrogens with one attached hydrogen (secondary N) is 2. The maximum atomic E-state index is 14.1. The van der Waals surface area contributed by atoms with Crippen molar-refractivity contribution in [2.24, 2.45) is 5.14 Å². The Hall–Kier alpha value is -3.75. The molecule has 1 aromatic heterocycles. The minimum Gasteiger partial charge on any atom is -0.479 e. The van der Waals surface area contributed by atoms with Crippen LogP contribution in [0.25, 0.3) is 0 Å². The average Bonchev–Trinajstić information content (AvgIpc) is 2.69. The molecule has 0 saturated carbocycles. The molecule has 0 aliphatic carbocycles. The van der Waals surface area contributed by atoms with Gasteiger partial charge in [0.25, 0.3) is 0 Å². The number of ether oxygens (including phenoxy) is 1. The number of halogens is 1. The lowest BCUT2D eigenvalue weighted by Gasteiger charge is -2.10. The fourth-order valence-corrected chi connectivity index (χ4v) is 2.84. The van der Waals surface area contributed by atoms with E-state index in [0.717, 1.165) is 6.20 Å². The van der Waals surface area contributed by atoms with Gasteiger partial charge < -0.3 is 15.4 Å². The number of benzene rings is 2. The molecule has 0 fully saturated rings. The van der Waals surface area contributed by atoms with Gasteiger partial charge >= 0.3 is 0 Å². The molecule has 9 nitrogen and oxygen atoms in total. The molecule has 0 unspecified atom stereocenters. The zero-order valence-electron chi connectivity index (χ0n) is 14.8. The highest BCUT2D eigenvalue weighted by Gasteiger charge is 2.11. The molecule has 4 N–H and O–H groups in total. The highest BCUT2D eigenvalue weighted by atomic mass is 32.2. The Morgan fingerprint density at radius 1 is 1.14 bits per heavy atom. The summed E-state index contributed by atoms with van der Waals surface area (Å²) in [5.74, 6) is -0.221. The van der Waals surface area contributed by atoms with E-state index in [9.17, 15) is 12.8 Å². The standard InChI is InChI=1S/C18H15FN6O3S/c19-16-11-22-18(24-13-2-1-3-15(10-13)29(21,26)27)25-17(16)23-12-4-6-14(7-5-12)28-9-8-20/h1-7,10-11H,9H2,(H2,21,26,27)(H2,22,23,24,25). The SMILES string of the molecule is N#CCOc1ccc(Nc2nc(Nc3cccc(S(N)(=O)=O)c3)ncc2F)cc1. The van der Waals surface area contributed by atoms with E-state index >= 15 is 0 Å². The predicted octanol–water partition coefficient (Wildman–Crippen LogP) is 2.65. The van der Waals surface area contributed by atoms with Crippen LogP contribution in [0.15, 0.2) is 59.6 Å². The van der Waals surface area contributed by atoms with Crippen molar-refractivity contribution in [3.8, 4) is 11.8 Å². The van der Waals surface area contributed by atoms with Crippen LogP contribution < -0.4 is 20.5 Å². The molecule has 0 aliphatic heterocycles. The van der Waals surface area contributed by atoms with Crippen molar-refractivity contribution in [3.63, 3.8) is 0 Å². The molecule has 29 heavy (non-hydrogen) atoms. The first-order valence-electron chi connectivity index (χ1n) is 8.14. The minimum absolute atomic E-state index is 0.0504. The van der Waals surface area contributed by atoms with Gasteiger partial charge in [0.05, 0.1) is 11.1 Å². The van der Waals surface area contributed by atoms with Crippen molar-refractivity contribution in [3.05, 3.63) is 60.5 Å². The molecule has 3 aromatic rings. The third-order valence-corrected chi connectivity index (χ3v) is 4.49. The van der Waals surface area contributed by atoms with Gasteiger partial charge in [0.15, 0.2) is 18.2 Å². The molecule has 0 atom stereocenters. The number of hydrogen-bond donors (Lipinski definition) is 3. The molecule has 148 valence electrons. The summed E-state index contributed by atoms with van der Waals surface area (Å²) in [7, 11) is -3.86. The monoisotopic (exact) mass is 414 g/mol. The first-order chi connectivity index (χ1) is 13.8. The molecule has 1 heterocycles. The smallest absolute Gasteiger partial charge is 0.238 e. The largest absolute Gasteiger partial charge is 0.479 e. The highest BCUT2D eigenvalue weighted by Crippen LogP contribution is 2.23. The van der Waals surface area contributed by atoms with Crippen molar-refractivity contribution in [1.29, 1.82) is 5.26 Å². The summed E-state index contributed by atoms with van der Waals surface area (Å²) in [6.45, 7) is -0.0744. The second-order valence-corrected chi connectivity index (χ2v) is 7.25. The topological polar surface area (TPSA) is 143 Å². The van der Waals surface area contributed by atoms with E-state index in [1.807, 2.05) is 6.07 Å². The number of sulfonamides is 1. The number of aromatic nitrogens is 2. The van der Waals surface area contributed by atoms with E-state index in [-0.39, 0.29) is 23.3 Å². The maximum Gasteiger partial charge on any atom is 0.238 e. The van der Waals surface area contributed by atoms with Crippen LogP contribution in [0.2, 0.25) is 0 Å². The zero-order chi connectivity index (χ0) is 20.9. The van der Waals surface area contributed by atoms with E-state index < -0.39 is 15.8 Å². The van der Waals surface area contributed by atoms with Crippen molar-refractivity contribution in [2.45, 2.75) is 4.90 Å². The van der Waals surface area contributed by atoms with Gasteiger partial charge in [0, 0.05) is 11.4 Å². The summed E-state index contributed by atoms with van der Waals surface area (Å²) >= 11 is 0. The average molecular weight is 414 g/mol. The molecule has 0 spiro atoms. The van der Waals surface area contributed by atoms with Crippen molar-refractivity contribution < 1.29 is 17.5 Å². The Morgan fingerprint density at radius 3 is 2.59 bits per heavy atom. The summed E-state index contributed by atoms with van der Waals surface area (Å²) in [5, 5.41) is 19.2. The third-order valence-electron chi connectivity index (χ3n) is 3.58. The molecule has 0 aliphatic rings. The van der Waals surface area contributed by atoms with Crippen molar-refractivity contribution >= 4 is 33.2 Å². The molecule has 11 heteroatoms. The molecular formula is C18H15FN6O3S. The number of nitrogens with two attached hydrogens (primary N) is 1. The van der Waals surface area contributed by atoms with Gasteiger partial charge in [-0.25, -0.2) is 22.9 Å². The van der Waals surface area contributed by atoms with E-state index in [2.05, 4.69) is 20.6 Å². The first kappa shape index (κ1) is 20.0. The summed E-state index contributed by atoms with van der Waals surface area (Å²) in [4.78, 5) is 7.83. The third kappa shape index (κ3) is 5.38. The molecule has 0 bridgehead atoms. The quantitative estimate of drug-likeness (QED) is 0.535. The zero-order valence-corrected chi connectivity index (χ0v) is 15.6. The fourth-order valence-electron chi connectivity index (χ4n) is 2.28. The van der Waals surface area contributed by atoms with Crippen molar-refractivity contribution in [2.75, 3.05) is 17.2 Å². The molecule has 3 rings (SSSR count). The molecule has 2 aromatic carbocycles. The summed E-state index contributed by atoms with van der Waals surface area (Å²) < 4.78 is 42.2. The van der Waals surface area contributed by atoms with E-state index in [4.69, 9.17) is 15.1 Å². The number of anilines is 4. The van der Waals surface area contributed by atoms with Gasteiger partial charge in [-0.2, -0.15) is 10.2 Å². The summed E-state index contributed by atoms with van der Waals surface area (Å²) in [5.41, 5.74) is 0.905. The number of hydrogen-bond acceptors (Lipinski definition) is 8. The van der Waals surface area contributed by atoms with Crippen LogP contribution >= 0.6 is 0 Å².